The van der Waals surface area contributed by atoms with Crippen LogP contribution in [0, 0.1) is 17.8 Å². The molecule has 6 heteroatoms. The minimum Gasteiger partial charge on any atom is -0.483 e. The lowest BCUT2D eigenvalue weighted by Gasteiger charge is -2.40. The van der Waals surface area contributed by atoms with Crippen molar-refractivity contribution in [2.45, 2.75) is 65.2 Å². The van der Waals surface area contributed by atoms with Gasteiger partial charge in [0.2, 0.25) is 0 Å². The van der Waals surface area contributed by atoms with E-state index >= 15 is 0 Å². The first kappa shape index (κ1) is 22.5. The van der Waals surface area contributed by atoms with Gasteiger partial charge in [-0.2, -0.15) is 0 Å². The van der Waals surface area contributed by atoms with Gasteiger partial charge >= 0.3 is 0 Å². The minimum atomic E-state index is -0.401. The van der Waals surface area contributed by atoms with Gasteiger partial charge in [0.25, 0.3) is 5.91 Å². The maximum absolute atomic E-state index is 13.7. The molecule has 2 aliphatic heterocycles. The van der Waals surface area contributed by atoms with E-state index < -0.39 is 6.04 Å². The number of Topliss-reactive ketones (excluding diaryl/α,β-unsaturated/α-hetero) is 1. The summed E-state index contributed by atoms with van der Waals surface area (Å²) in [6.07, 6.45) is 2.32. The van der Waals surface area contributed by atoms with Crippen molar-refractivity contribution in [2.75, 3.05) is 13.2 Å². The summed E-state index contributed by atoms with van der Waals surface area (Å²) in [6, 6.07) is 7.49. The van der Waals surface area contributed by atoms with E-state index in [2.05, 4.69) is 29.8 Å². The summed E-state index contributed by atoms with van der Waals surface area (Å²) in [7, 11) is 0. The third kappa shape index (κ3) is 4.34. The number of amides is 1. The summed E-state index contributed by atoms with van der Waals surface area (Å²) in [5, 5.41) is 0. The normalized spacial score (nSPS) is 30.5. The Morgan fingerprint density at radius 3 is 2.65 bits per heavy atom. The van der Waals surface area contributed by atoms with Crippen molar-refractivity contribution < 1.29 is 19.1 Å². The van der Waals surface area contributed by atoms with Gasteiger partial charge < -0.3 is 14.4 Å². The Hall–Kier alpha value is -1.66. The highest BCUT2D eigenvalue weighted by Crippen LogP contribution is 2.48. The van der Waals surface area contributed by atoms with E-state index in [1.54, 1.807) is 4.90 Å². The molecule has 4 rings (SSSR count). The lowest BCUT2D eigenvalue weighted by atomic mass is 9.70. The first-order chi connectivity index (χ1) is 14.8. The number of hydrogen-bond acceptors (Lipinski definition) is 4. The quantitative estimate of drug-likeness (QED) is 0.524. The van der Waals surface area contributed by atoms with Crippen LogP contribution in [0.1, 0.15) is 58.6 Å². The Bertz CT molecular complexity index is 895. The van der Waals surface area contributed by atoms with Crippen LogP contribution < -0.4 is 0 Å². The van der Waals surface area contributed by atoms with Crippen LogP contribution in [0.4, 0.5) is 0 Å². The Kier molecular flexibility index (Phi) is 6.59. The van der Waals surface area contributed by atoms with Crippen LogP contribution in [-0.4, -0.2) is 41.9 Å². The average molecular weight is 490 g/mol. The summed E-state index contributed by atoms with van der Waals surface area (Å²) < 4.78 is 12.9. The van der Waals surface area contributed by atoms with Crippen molar-refractivity contribution in [1.29, 1.82) is 0 Å². The standard InChI is InChI=1S/C25H32BrNO4/c1-14(2)30-10-6-9-27-22(17-7-5-8-18(26)13-17)21-23(28)19-11-15(3)16(4)12-20(19)31-24(21)25(27)29/h5,7-8,13-16,19-20,22H,6,9-12H2,1-4H3. The predicted octanol–water partition coefficient (Wildman–Crippen LogP) is 5.05. The molecule has 5 nitrogen and oxygen atoms in total. The monoisotopic (exact) mass is 489 g/mol. The smallest absolute Gasteiger partial charge is 0.290 e. The SMILES string of the molecule is CC(C)OCCCN1C(=O)C2=C(C(=O)C3CC(C)C(C)CC3O2)C1c1cccc(Br)c1. The number of carbonyl (C=O) groups excluding carboxylic acids is 2. The van der Waals surface area contributed by atoms with Gasteiger partial charge in [0.15, 0.2) is 11.5 Å². The average Bonchev–Trinajstić information content (AvgIpc) is 2.99. The van der Waals surface area contributed by atoms with E-state index in [1.165, 1.54) is 0 Å². The zero-order valence-corrected chi connectivity index (χ0v) is 20.4. The van der Waals surface area contributed by atoms with Crippen LogP contribution in [0.3, 0.4) is 0 Å². The maximum Gasteiger partial charge on any atom is 0.290 e. The molecule has 0 saturated heterocycles. The molecular weight excluding hydrogens is 458 g/mol. The molecule has 1 amide bonds. The first-order valence-electron chi connectivity index (χ1n) is 11.4. The highest BCUT2D eigenvalue weighted by molar-refractivity contribution is 9.10. The Morgan fingerprint density at radius 1 is 1.19 bits per heavy atom. The van der Waals surface area contributed by atoms with E-state index in [0.717, 1.165) is 22.9 Å². The van der Waals surface area contributed by atoms with E-state index in [0.29, 0.717) is 37.0 Å². The fraction of sp³-hybridized carbons (Fsp3) is 0.600. The van der Waals surface area contributed by atoms with Gasteiger partial charge in [0.1, 0.15) is 6.10 Å². The van der Waals surface area contributed by atoms with Crippen LogP contribution in [0.25, 0.3) is 0 Å². The molecule has 0 bridgehead atoms. The molecule has 1 aliphatic carbocycles. The third-order valence-electron chi connectivity index (χ3n) is 6.97. The van der Waals surface area contributed by atoms with Crippen molar-refractivity contribution in [2.24, 2.45) is 17.8 Å². The molecular formula is C25H32BrNO4. The molecule has 5 unspecified atom stereocenters. The second kappa shape index (κ2) is 9.07. The summed E-state index contributed by atoms with van der Waals surface area (Å²) in [5.74, 6) is 1.02. The number of rotatable bonds is 6. The van der Waals surface area contributed by atoms with E-state index in [9.17, 15) is 9.59 Å². The number of fused-ring (bicyclic) bond motifs is 1. The van der Waals surface area contributed by atoms with Crippen LogP contribution in [0.5, 0.6) is 0 Å². The molecule has 5 atom stereocenters. The highest BCUT2D eigenvalue weighted by atomic mass is 79.9. The van der Waals surface area contributed by atoms with Crippen molar-refractivity contribution >= 4 is 27.6 Å². The Morgan fingerprint density at radius 2 is 1.94 bits per heavy atom. The summed E-state index contributed by atoms with van der Waals surface area (Å²) >= 11 is 3.54. The van der Waals surface area contributed by atoms with Crippen molar-refractivity contribution in [3.05, 3.63) is 45.6 Å². The van der Waals surface area contributed by atoms with Crippen molar-refractivity contribution in [1.82, 2.24) is 4.90 Å². The van der Waals surface area contributed by atoms with Crippen LogP contribution in [-0.2, 0) is 19.1 Å². The van der Waals surface area contributed by atoms with Crippen LogP contribution in [0.2, 0.25) is 0 Å². The molecule has 0 radical (unpaired) electrons. The largest absolute Gasteiger partial charge is 0.483 e. The number of benzene rings is 1. The van der Waals surface area contributed by atoms with Crippen molar-refractivity contribution in [3.8, 4) is 0 Å². The van der Waals surface area contributed by atoms with Gasteiger partial charge in [0.05, 0.1) is 23.6 Å². The number of ether oxygens (including phenoxy) is 2. The van der Waals surface area contributed by atoms with Crippen LogP contribution in [0.15, 0.2) is 40.1 Å². The third-order valence-corrected chi connectivity index (χ3v) is 7.46. The predicted molar refractivity (Wildman–Crippen MR) is 122 cm³/mol. The summed E-state index contributed by atoms with van der Waals surface area (Å²) in [4.78, 5) is 29.0. The molecule has 0 aromatic heterocycles. The Labute approximate surface area is 193 Å². The van der Waals surface area contributed by atoms with Crippen LogP contribution >= 0.6 is 15.9 Å². The number of nitrogens with zero attached hydrogens (tertiary/aromatic N) is 1. The molecule has 0 N–H and O–H groups in total. The first-order valence-corrected chi connectivity index (χ1v) is 12.2. The van der Waals surface area contributed by atoms with E-state index in [-0.39, 0.29) is 35.6 Å². The van der Waals surface area contributed by atoms with Crippen molar-refractivity contribution in [3.63, 3.8) is 0 Å². The van der Waals surface area contributed by atoms with Gasteiger partial charge in [-0.25, -0.2) is 0 Å². The number of ketones is 1. The number of carbonyl (C=O) groups is 2. The maximum atomic E-state index is 13.7. The molecule has 3 aliphatic rings. The lowest BCUT2D eigenvalue weighted by Crippen LogP contribution is -2.43. The zero-order valence-electron chi connectivity index (χ0n) is 18.8. The minimum absolute atomic E-state index is 0.101. The molecule has 1 saturated carbocycles. The molecule has 2 heterocycles. The fourth-order valence-corrected chi connectivity index (χ4v) is 5.53. The molecule has 0 spiro atoms. The highest BCUT2D eigenvalue weighted by Gasteiger charge is 2.53. The summed E-state index contributed by atoms with van der Waals surface area (Å²) in [5.41, 5.74) is 1.49. The summed E-state index contributed by atoms with van der Waals surface area (Å²) in [6.45, 7) is 9.52. The second-order valence-electron chi connectivity index (χ2n) is 9.53. The molecule has 31 heavy (non-hydrogen) atoms. The second-order valence-corrected chi connectivity index (χ2v) is 10.4. The molecule has 1 fully saturated rings. The topological polar surface area (TPSA) is 55.8 Å². The molecule has 1 aromatic carbocycles. The Balaban J connectivity index is 1.67. The van der Waals surface area contributed by atoms with Gasteiger partial charge in [-0.3, -0.25) is 9.59 Å². The fourth-order valence-electron chi connectivity index (χ4n) is 5.12. The number of hydrogen-bond donors (Lipinski definition) is 0. The molecule has 1 aromatic rings. The van der Waals surface area contributed by atoms with Gasteiger partial charge in [0, 0.05) is 17.6 Å². The number of halogens is 1. The zero-order chi connectivity index (χ0) is 22.3. The lowest BCUT2D eigenvalue weighted by molar-refractivity contribution is -0.137. The van der Waals surface area contributed by atoms with E-state index in [4.69, 9.17) is 9.47 Å². The van der Waals surface area contributed by atoms with E-state index in [1.807, 2.05) is 38.1 Å². The van der Waals surface area contributed by atoms with Gasteiger partial charge in [-0.05, 0) is 62.6 Å². The molecule has 168 valence electrons. The van der Waals surface area contributed by atoms with Gasteiger partial charge in [-0.1, -0.05) is 41.9 Å². The van der Waals surface area contributed by atoms with Gasteiger partial charge in [-0.15, -0.1) is 0 Å².